The summed E-state index contributed by atoms with van der Waals surface area (Å²) in [5.74, 6) is -2.93. The van der Waals surface area contributed by atoms with E-state index in [-0.39, 0.29) is 41.1 Å². The van der Waals surface area contributed by atoms with E-state index in [0.29, 0.717) is 27.8 Å². The fraction of sp³-hybridized carbons (Fsp3) is 0.480. The van der Waals surface area contributed by atoms with Crippen molar-refractivity contribution in [2.24, 2.45) is 11.8 Å². The standard InChI is InChI=1S/C25H27N5O8S3/c1-11-18-17(12(2)31)22(32)29(18)19(23(33)34)20(11)40-15-7-16(26-8-15)21(41-25-28-27-10-39-25)24(35)38-9-13-3-5-14(6-4-13)30(36)37/h3-6,10-12,15-18,21,26,31H,7-9H2,1-2H3,(H,33,34)/t11-,12?,15?,16-,17+,18+,21+/m0/s1. The molecule has 3 aliphatic heterocycles. The summed E-state index contributed by atoms with van der Waals surface area (Å²) in [7, 11) is 0. The number of aliphatic hydroxyl groups is 1. The third kappa shape index (κ3) is 5.83. The fourth-order valence-corrected chi connectivity index (χ4v) is 8.76. The summed E-state index contributed by atoms with van der Waals surface area (Å²) in [6.07, 6.45) is -0.353. The van der Waals surface area contributed by atoms with Gasteiger partial charge in [0.25, 0.3) is 5.69 Å². The Morgan fingerprint density at radius 2 is 2.07 bits per heavy atom. The van der Waals surface area contributed by atoms with E-state index in [4.69, 9.17) is 4.74 Å². The molecule has 218 valence electrons. The molecule has 1 aromatic carbocycles. The van der Waals surface area contributed by atoms with E-state index in [2.05, 4.69) is 15.5 Å². The van der Waals surface area contributed by atoms with Crippen molar-refractivity contribution in [1.29, 1.82) is 0 Å². The van der Waals surface area contributed by atoms with Gasteiger partial charge < -0.3 is 25.2 Å². The van der Waals surface area contributed by atoms with Crippen molar-refractivity contribution in [3.8, 4) is 0 Å². The highest BCUT2D eigenvalue weighted by molar-refractivity contribution is 8.03. The van der Waals surface area contributed by atoms with Crippen LogP contribution in [0, 0.1) is 22.0 Å². The second-order valence-electron chi connectivity index (χ2n) is 10.0. The number of rotatable bonds is 11. The van der Waals surface area contributed by atoms with Gasteiger partial charge in [-0.15, -0.1) is 22.0 Å². The highest BCUT2D eigenvalue weighted by Gasteiger charge is 2.60. The van der Waals surface area contributed by atoms with Gasteiger partial charge in [-0.25, -0.2) is 4.79 Å². The number of nitro groups is 1. The lowest BCUT2D eigenvalue weighted by atomic mass is 9.79. The van der Waals surface area contributed by atoms with Crippen LogP contribution in [0.1, 0.15) is 25.8 Å². The number of hydrogen-bond acceptors (Lipinski definition) is 13. The number of hydrogen-bond donors (Lipinski definition) is 3. The number of carbonyl (C=O) groups is 3. The van der Waals surface area contributed by atoms with Crippen LogP contribution in [0.5, 0.6) is 0 Å². The van der Waals surface area contributed by atoms with Crippen molar-refractivity contribution in [2.45, 2.75) is 59.9 Å². The second-order valence-corrected chi connectivity index (χ2v) is 13.6. The van der Waals surface area contributed by atoms with Crippen LogP contribution in [0.4, 0.5) is 5.69 Å². The first kappa shape index (κ1) is 29.4. The molecule has 0 spiro atoms. The molecule has 41 heavy (non-hydrogen) atoms. The normalized spacial score (nSPS) is 26.9. The smallest absolute Gasteiger partial charge is 0.353 e. The number of nitrogens with one attached hydrogen (secondary N) is 1. The first-order valence-electron chi connectivity index (χ1n) is 12.8. The minimum Gasteiger partial charge on any atom is -0.477 e. The van der Waals surface area contributed by atoms with Gasteiger partial charge in [0.2, 0.25) is 5.91 Å². The predicted molar refractivity (Wildman–Crippen MR) is 150 cm³/mol. The Hall–Kier alpha value is -3.05. The molecule has 3 aliphatic rings. The maximum atomic E-state index is 13.3. The van der Waals surface area contributed by atoms with Crippen LogP contribution in [0.3, 0.4) is 0 Å². The van der Waals surface area contributed by atoms with Crippen molar-refractivity contribution < 1.29 is 34.3 Å². The number of nitrogens with zero attached hydrogens (tertiary/aromatic N) is 4. The molecule has 2 fully saturated rings. The third-order valence-electron chi connectivity index (χ3n) is 7.42. The number of nitro benzene ring substituents is 1. The summed E-state index contributed by atoms with van der Waals surface area (Å²) in [5.41, 5.74) is 2.08. The van der Waals surface area contributed by atoms with Gasteiger partial charge in [-0.3, -0.25) is 19.7 Å². The van der Waals surface area contributed by atoms with E-state index in [1.807, 2.05) is 6.92 Å². The molecular formula is C25H27N5O8S3. The molecular weight excluding hydrogens is 595 g/mol. The molecule has 0 saturated carbocycles. The second kappa shape index (κ2) is 12.1. The number of ether oxygens (including phenoxy) is 1. The Balaban J connectivity index is 1.28. The summed E-state index contributed by atoms with van der Waals surface area (Å²) >= 11 is 3.92. The number of benzene rings is 1. The number of carbonyl (C=O) groups excluding carboxylic acids is 2. The number of aromatic nitrogens is 2. The number of carboxylic acid groups (broad SMARTS) is 1. The molecule has 7 atom stereocenters. The molecule has 0 aliphatic carbocycles. The molecule has 0 radical (unpaired) electrons. The Kier molecular flexibility index (Phi) is 8.65. The number of esters is 1. The molecule has 1 amide bonds. The number of fused-ring (bicyclic) bond motifs is 1. The molecule has 16 heteroatoms. The first-order valence-corrected chi connectivity index (χ1v) is 15.4. The van der Waals surface area contributed by atoms with Crippen molar-refractivity contribution in [3.63, 3.8) is 0 Å². The van der Waals surface area contributed by atoms with Crippen molar-refractivity contribution in [1.82, 2.24) is 20.4 Å². The highest BCUT2D eigenvalue weighted by Crippen LogP contribution is 2.52. The van der Waals surface area contributed by atoms with E-state index in [9.17, 15) is 34.7 Å². The van der Waals surface area contributed by atoms with Crippen molar-refractivity contribution >= 4 is 58.4 Å². The molecule has 2 aromatic rings. The Bertz CT molecular complexity index is 1370. The lowest BCUT2D eigenvalue weighted by molar-refractivity contribution is -0.384. The van der Waals surface area contributed by atoms with Crippen molar-refractivity contribution in [2.75, 3.05) is 6.54 Å². The molecule has 0 bridgehead atoms. The molecule has 13 nitrogen and oxygen atoms in total. The SMILES string of the molecule is CC(O)[C@H]1C(=O)N2C(C(=O)O)=C(SC3CN[C@H]([C@@H](Sc4nncs4)C(=O)OCc4ccc([N+](=O)[O-])cc4)C3)[C@@H](C)[C@H]12. The topological polar surface area (TPSA) is 185 Å². The van der Waals surface area contributed by atoms with E-state index in [1.165, 1.54) is 64.0 Å². The van der Waals surface area contributed by atoms with Crippen molar-refractivity contribution in [3.05, 3.63) is 56.1 Å². The van der Waals surface area contributed by atoms with Gasteiger partial charge in [0, 0.05) is 40.8 Å². The number of aliphatic carboxylic acids is 1. The predicted octanol–water partition coefficient (Wildman–Crippen LogP) is 2.27. The van der Waals surface area contributed by atoms with Crippen LogP contribution in [0.2, 0.25) is 0 Å². The zero-order valence-electron chi connectivity index (χ0n) is 21.9. The van der Waals surface area contributed by atoms with Crippen LogP contribution in [0.15, 0.2) is 44.7 Å². The molecule has 5 rings (SSSR count). The maximum Gasteiger partial charge on any atom is 0.353 e. The zero-order valence-corrected chi connectivity index (χ0v) is 24.4. The summed E-state index contributed by atoms with van der Waals surface area (Å²) in [6.45, 7) is 3.86. The van der Waals surface area contributed by atoms with Gasteiger partial charge in [-0.05, 0) is 31.0 Å². The van der Waals surface area contributed by atoms with E-state index >= 15 is 0 Å². The largest absolute Gasteiger partial charge is 0.477 e. The maximum absolute atomic E-state index is 13.3. The van der Waals surface area contributed by atoms with Crippen LogP contribution >= 0.6 is 34.9 Å². The van der Waals surface area contributed by atoms with Gasteiger partial charge >= 0.3 is 11.9 Å². The Morgan fingerprint density at radius 1 is 1.34 bits per heavy atom. The molecule has 2 unspecified atom stereocenters. The quantitative estimate of drug-likeness (QED) is 0.109. The van der Waals surface area contributed by atoms with E-state index < -0.39 is 40.2 Å². The minimum absolute atomic E-state index is 0.0276. The van der Waals surface area contributed by atoms with Gasteiger partial charge in [0.05, 0.1) is 23.0 Å². The van der Waals surface area contributed by atoms with Crippen LogP contribution in [-0.4, -0.2) is 83.3 Å². The average molecular weight is 622 g/mol. The van der Waals surface area contributed by atoms with Gasteiger partial charge in [-0.1, -0.05) is 30.0 Å². The number of β-lactam (4-membered cyclic amide) rings is 1. The van der Waals surface area contributed by atoms with Crippen LogP contribution in [0.25, 0.3) is 0 Å². The monoisotopic (exact) mass is 621 g/mol. The summed E-state index contributed by atoms with van der Waals surface area (Å²) < 4.78 is 6.18. The minimum atomic E-state index is -1.18. The van der Waals surface area contributed by atoms with Gasteiger partial charge in [-0.2, -0.15) is 0 Å². The Morgan fingerprint density at radius 3 is 2.68 bits per heavy atom. The average Bonchev–Trinajstić information content (AvgIpc) is 3.66. The molecule has 4 heterocycles. The Labute approximate surface area is 246 Å². The van der Waals surface area contributed by atoms with E-state index in [1.54, 1.807) is 12.4 Å². The fourth-order valence-electron chi connectivity index (χ4n) is 5.48. The molecule has 3 N–H and O–H groups in total. The first-order chi connectivity index (χ1) is 19.6. The highest BCUT2D eigenvalue weighted by atomic mass is 32.2. The number of carboxylic acids is 1. The number of amides is 1. The summed E-state index contributed by atoms with van der Waals surface area (Å²) in [5, 5.41) is 41.4. The van der Waals surface area contributed by atoms with Gasteiger partial charge in [0.1, 0.15) is 23.1 Å². The lowest BCUT2D eigenvalue weighted by Gasteiger charge is -2.46. The molecule has 2 saturated heterocycles. The number of aliphatic hydroxyl groups excluding tert-OH is 1. The number of non-ortho nitro benzene ring substituents is 1. The van der Waals surface area contributed by atoms with Gasteiger partial charge in [0.15, 0.2) is 4.34 Å². The summed E-state index contributed by atoms with van der Waals surface area (Å²) in [4.78, 5) is 50.4. The molecule has 1 aromatic heterocycles. The van der Waals surface area contributed by atoms with Crippen LogP contribution < -0.4 is 5.32 Å². The van der Waals surface area contributed by atoms with E-state index in [0.717, 1.165) is 0 Å². The zero-order chi connectivity index (χ0) is 29.4. The lowest BCUT2D eigenvalue weighted by Crippen LogP contribution is -2.63. The number of thioether (sulfide) groups is 2. The van der Waals surface area contributed by atoms with Crippen LogP contribution in [-0.2, 0) is 25.7 Å². The third-order valence-corrected chi connectivity index (χ3v) is 11.1. The summed E-state index contributed by atoms with van der Waals surface area (Å²) in [6, 6.07) is 5.05.